The van der Waals surface area contributed by atoms with Gasteiger partial charge in [0.15, 0.2) is 0 Å². The van der Waals surface area contributed by atoms with Gasteiger partial charge in [-0.05, 0) is 31.7 Å². The van der Waals surface area contributed by atoms with Crippen molar-refractivity contribution < 1.29 is 13.2 Å². The molecule has 1 saturated heterocycles. The minimum Gasteiger partial charge on any atom is -0.336 e. The summed E-state index contributed by atoms with van der Waals surface area (Å²) in [6.07, 6.45) is 5.46. The zero-order valence-electron chi connectivity index (χ0n) is 15.3. The SMILES string of the molecule is Cn1c(=O)[nH]c(=O)c2cc(C(=O)N3CCCCC3CCS(C)(=O)=O)cnc21. The first kappa shape index (κ1) is 19.3. The van der Waals surface area contributed by atoms with Crippen LogP contribution in [0.2, 0.25) is 0 Å². The third kappa shape index (κ3) is 4.10. The van der Waals surface area contributed by atoms with E-state index in [9.17, 15) is 22.8 Å². The molecule has 1 N–H and O–H groups in total. The Morgan fingerprint density at radius 2 is 2.07 bits per heavy atom. The average molecular weight is 394 g/mol. The number of nitrogens with zero attached hydrogens (tertiary/aromatic N) is 3. The highest BCUT2D eigenvalue weighted by atomic mass is 32.2. The number of aromatic amines is 1. The summed E-state index contributed by atoms with van der Waals surface area (Å²) in [6, 6.07) is 1.28. The maximum atomic E-state index is 13.0. The van der Waals surface area contributed by atoms with Gasteiger partial charge in [0.25, 0.3) is 11.5 Å². The van der Waals surface area contributed by atoms with Crippen LogP contribution in [0.5, 0.6) is 0 Å². The summed E-state index contributed by atoms with van der Waals surface area (Å²) >= 11 is 0. The molecule has 2 aromatic heterocycles. The van der Waals surface area contributed by atoms with Gasteiger partial charge in [0.1, 0.15) is 15.5 Å². The number of piperidine rings is 1. The highest BCUT2D eigenvalue weighted by Gasteiger charge is 2.28. The monoisotopic (exact) mass is 394 g/mol. The van der Waals surface area contributed by atoms with Crippen LogP contribution in [0.15, 0.2) is 21.9 Å². The van der Waals surface area contributed by atoms with Gasteiger partial charge in [0.05, 0.1) is 16.7 Å². The smallest absolute Gasteiger partial charge is 0.329 e. The van der Waals surface area contributed by atoms with Gasteiger partial charge < -0.3 is 4.90 Å². The Labute approximate surface area is 155 Å². The van der Waals surface area contributed by atoms with E-state index in [0.29, 0.717) is 13.0 Å². The van der Waals surface area contributed by atoms with Crippen LogP contribution >= 0.6 is 0 Å². The number of pyridine rings is 1. The highest BCUT2D eigenvalue weighted by molar-refractivity contribution is 7.90. The molecular formula is C17H22N4O5S. The summed E-state index contributed by atoms with van der Waals surface area (Å²) < 4.78 is 24.2. The molecule has 1 amide bonds. The standard InChI is InChI=1S/C17H22N4O5S/c1-20-14-13(15(22)19-17(20)24)9-11(10-18-14)16(23)21-7-4-3-5-12(21)6-8-27(2,25)26/h9-10,12H,3-8H2,1-2H3,(H,19,22,24). The number of likely N-dealkylation sites (tertiary alicyclic amines) is 1. The average Bonchev–Trinajstić information content (AvgIpc) is 2.63. The highest BCUT2D eigenvalue weighted by Crippen LogP contribution is 2.23. The van der Waals surface area contributed by atoms with Gasteiger partial charge in [-0.25, -0.2) is 18.2 Å². The van der Waals surface area contributed by atoms with Gasteiger partial charge >= 0.3 is 5.69 Å². The van der Waals surface area contributed by atoms with E-state index in [1.807, 2.05) is 0 Å². The van der Waals surface area contributed by atoms with E-state index < -0.39 is 21.1 Å². The Morgan fingerprint density at radius 3 is 2.78 bits per heavy atom. The summed E-state index contributed by atoms with van der Waals surface area (Å²) in [5.74, 6) is -0.255. The molecule has 0 spiro atoms. The van der Waals surface area contributed by atoms with Crippen molar-refractivity contribution in [2.45, 2.75) is 31.7 Å². The number of aromatic nitrogens is 3. The van der Waals surface area contributed by atoms with Crippen molar-refractivity contribution >= 4 is 26.8 Å². The van der Waals surface area contributed by atoms with E-state index >= 15 is 0 Å². The van der Waals surface area contributed by atoms with Crippen LogP contribution in [0.25, 0.3) is 11.0 Å². The number of hydrogen-bond donors (Lipinski definition) is 1. The van der Waals surface area contributed by atoms with Crippen LogP contribution in [-0.4, -0.2) is 58.4 Å². The van der Waals surface area contributed by atoms with Crippen LogP contribution in [0, 0.1) is 0 Å². The van der Waals surface area contributed by atoms with E-state index in [-0.39, 0.29) is 34.3 Å². The molecule has 3 heterocycles. The van der Waals surface area contributed by atoms with Gasteiger partial charge in [0, 0.05) is 32.1 Å². The molecule has 27 heavy (non-hydrogen) atoms. The summed E-state index contributed by atoms with van der Waals surface area (Å²) in [4.78, 5) is 44.7. The lowest BCUT2D eigenvalue weighted by Crippen LogP contribution is -2.44. The molecule has 10 heteroatoms. The van der Waals surface area contributed by atoms with Gasteiger partial charge in [-0.2, -0.15) is 0 Å². The fourth-order valence-corrected chi connectivity index (χ4v) is 4.14. The first-order valence-corrected chi connectivity index (χ1v) is 10.8. The van der Waals surface area contributed by atoms with Crippen LogP contribution in [-0.2, 0) is 16.9 Å². The maximum Gasteiger partial charge on any atom is 0.329 e. The molecule has 2 aromatic rings. The van der Waals surface area contributed by atoms with Crippen molar-refractivity contribution in [3.05, 3.63) is 38.7 Å². The van der Waals surface area contributed by atoms with Crippen LogP contribution in [0.3, 0.4) is 0 Å². The molecule has 1 fully saturated rings. The Hall–Kier alpha value is -2.49. The molecule has 1 atom stereocenters. The molecule has 0 aromatic carbocycles. The molecule has 0 bridgehead atoms. The van der Waals surface area contributed by atoms with Crippen LogP contribution in [0.4, 0.5) is 0 Å². The Morgan fingerprint density at radius 1 is 1.33 bits per heavy atom. The quantitative estimate of drug-likeness (QED) is 0.782. The number of fused-ring (bicyclic) bond motifs is 1. The van der Waals surface area contributed by atoms with E-state index in [1.54, 1.807) is 4.90 Å². The first-order valence-electron chi connectivity index (χ1n) is 8.75. The number of rotatable bonds is 4. The first-order chi connectivity index (χ1) is 12.7. The van der Waals surface area contributed by atoms with Gasteiger partial charge in [0.2, 0.25) is 0 Å². The van der Waals surface area contributed by atoms with Crippen molar-refractivity contribution in [3.8, 4) is 0 Å². The Balaban J connectivity index is 1.93. The molecule has 0 radical (unpaired) electrons. The second-order valence-electron chi connectivity index (χ2n) is 6.98. The van der Waals surface area contributed by atoms with Crippen molar-refractivity contribution in [2.75, 3.05) is 18.6 Å². The second-order valence-corrected chi connectivity index (χ2v) is 9.24. The predicted molar refractivity (Wildman–Crippen MR) is 101 cm³/mol. The number of H-pyrrole nitrogens is 1. The zero-order chi connectivity index (χ0) is 19.8. The summed E-state index contributed by atoms with van der Waals surface area (Å²) in [6.45, 7) is 0.537. The molecular weight excluding hydrogens is 372 g/mol. The summed E-state index contributed by atoms with van der Waals surface area (Å²) in [7, 11) is -1.62. The van der Waals surface area contributed by atoms with Crippen LogP contribution in [0.1, 0.15) is 36.0 Å². The second kappa shape index (κ2) is 7.26. The van der Waals surface area contributed by atoms with E-state index in [2.05, 4.69) is 9.97 Å². The minimum atomic E-state index is -3.11. The van der Waals surface area contributed by atoms with Gasteiger partial charge in [-0.1, -0.05) is 0 Å². The van der Waals surface area contributed by atoms with E-state index in [4.69, 9.17) is 0 Å². The lowest BCUT2D eigenvalue weighted by atomic mass is 9.99. The number of aryl methyl sites for hydroxylation is 1. The van der Waals surface area contributed by atoms with Crippen molar-refractivity contribution in [3.63, 3.8) is 0 Å². The molecule has 0 saturated carbocycles. The minimum absolute atomic E-state index is 0.0270. The number of hydrogen-bond acceptors (Lipinski definition) is 6. The Bertz CT molecular complexity index is 1100. The third-order valence-corrected chi connectivity index (χ3v) is 5.89. The molecule has 1 aliphatic heterocycles. The molecule has 0 aliphatic carbocycles. The number of sulfone groups is 1. The summed E-state index contributed by atoms with van der Waals surface area (Å²) in [5, 5.41) is 0.160. The zero-order valence-corrected chi connectivity index (χ0v) is 16.1. The van der Waals surface area contributed by atoms with E-state index in [0.717, 1.165) is 19.3 Å². The maximum absolute atomic E-state index is 13.0. The van der Waals surface area contributed by atoms with Crippen molar-refractivity contribution in [2.24, 2.45) is 7.05 Å². The number of nitrogens with one attached hydrogen (secondary N) is 1. The van der Waals surface area contributed by atoms with E-state index in [1.165, 1.54) is 30.1 Å². The Kier molecular flexibility index (Phi) is 5.18. The molecule has 1 aliphatic rings. The normalized spacial score (nSPS) is 18.0. The lowest BCUT2D eigenvalue weighted by molar-refractivity contribution is 0.0608. The molecule has 9 nitrogen and oxygen atoms in total. The largest absolute Gasteiger partial charge is 0.336 e. The summed E-state index contributed by atoms with van der Waals surface area (Å²) in [5.41, 5.74) is -0.719. The number of carbonyl (C=O) groups is 1. The van der Waals surface area contributed by atoms with Gasteiger partial charge in [-0.3, -0.25) is 19.1 Å². The number of carbonyl (C=O) groups excluding carboxylic acids is 1. The fraction of sp³-hybridized carbons (Fsp3) is 0.529. The van der Waals surface area contributed by atoms with Gasteiger partial charge in [-0.15, -0.1) is 0 Å². The molecule has 1 unspecified atom stereocenters. The predicted octanol–water partition coefficient (Wildman–Crippen LogP) is 0.0512. The van der Waals surface area contributed by atoms with Crippen molar-refractivity contribution in [1.29, 1.82) is 0 Å². The third-order valence-electron chi connectivity index (χ3n) is 4.91. The fourth-order valence-electron chi connectivity index (χ4n) is 3.44. The van der Waals surface area contributed by atoms with Crippen molar-refractivity contribution in [1.82, 2.24) is 19.4 Å². The number of amides is 1. The molecule has 3 rings (SSSR count). The molecule has 146 valence electrons. The van der Waals surface area contributed by atoms with Crippen LogP contribution < -0.4 is 11.2 Å². The topological polar surface area (TPSA) is 122 Å². The lowest BCUT2D eigenvalue weighted by Gasteiger charge is -2.35.